The molecule has 4 unspecified atom stereocenters. The quantitative estimate of drug-likeness (QED) is 0.812. The normalized spacial score (nSPS) is 26.8. The van der Waals surface area contributed by atoms with Crippen molar-refractivity contribution in [1.29, 1.82) is 0 Å². The average molecular weight is 295 g/mol. The van der Waals surface area contributed by atoms with Crippen molar-refractivity contribution in [1.82, 2.24) is 5.32 Å². The smallest absolute Gasteiger partial charge is 0.165 e. The van der Waals surface area contributed by atoms with Crippen LogP contribution < -0.4 is 10.1 Å². The highest BCUT2D eigenvalue weighted by molar-refractivity contribution is 5.23. The first-order valence-electron chi connectivity index (χ1n) is 7.90. The Labute approximate surface area is 126 Å². The Balaban J connectivity index is 1.71. The van der Waals surface area contributed by atoms with Gasteiger partial charge in [0.2, 0.25) is 0 Å². The van der Waals surface area contributed by atoms with E-state index in [4.69, 9.17) is 4.74 Å². The van der Waals surface area contributed by atoms with Crippen molar-refractivity contribution in [3.05, 3.63) is 30.1 Å². The van der Waals surface area contributed by atoms with E-state index < -0.39 is 11.9 Å². The zero-order valence-corrected chi connectivity index (χ0v) is 12.9. The number of benzene rings is 1. The predicted octanol–water partition coefficient (Wildman–Crippen LogP) is 2.98. The second-order valence-electron chi connectivity index (χ2n) is 6.01. The summed E-state index contributed by atoms with van der Waals surface area (Å²) in [6, 6.07) is 6.73. The SMILES string of the molecule is CCC1CCC(NCC(O)COc2ccccc2F)C1C. The molecule has 118 valence electrons. The highest BCUT2D eigenvalue weighted by Gasteiger charge is 2.31. The van der Waals surface area contributed by atoms with Crippen molar-refractivity contribution in [3.63, 3.8) is 0 Å². The van der Waals surface area contributed by atoms with Crippen LogP contribution in [0.1, 0.15) is 33.1 Å². The number of aliphatic hydroxyl groups excluding tert-OH is 1. The van der Waals surface area contributed by atoms with Crippen LogP contribution in [0.25, 0.3) is 0 Å². The molecule has 0 aliphatic heterocycles. The van der Waals surface area contributed by atoms with Gasteiger partial charge in [-0.3, -0.25) is 0 Å². The van der Waals surface area contributed by atoms with Crippen LogP contribution in [0, 0.1) is 17.7 Å². The zero-order valence-electron chi connectivity index (χ0n) is 12.9. The van der Waals surface area contributed by atoms with Crippen LogP contribution in [-0.4, -0.2) is 30.4 Å². The maximum atomic E-state index is 13.4. The predicted molar refractivity (Wildman–Crippen MR) is 81.9 cm³/mol. The van der Waals surface area contributed by atoms with Crippen LogP contribution in [0.3, 0.4) is 0 Å². The standard InChI is InChI=1S/C17H26FNO2/c1-3-13-8-9-16(12(13)2)19-10-14(20)11-21-17-7-5-4-6-15(17)18/h4-7,12-14,16,19-20H,3,8-11H2,1-2H3. The molecule has 3 nitrogen and oxygen atoms in total. The summed E-state index contributed by atoms with van der Waals surface area (Å²) >= 11 is 0. The highest BCUT2D eigenvalue weighted by Crippen LogP contribution is 2.33. The molecule has 0 radical (unpaired) electrons. The first kappa shape index (κ1) is 16.2. The lowest BCUT2D eigenvalue weighted by Crippen LogP contribution is -2.40. The van der Waals surface area contributed by atoms with E-state index in [0.29, 0.717) is 18.5 Å². The minimum absolute atomic E-state index is 0.103. The molecular formula is C17H26FNO2. The van der Waals surface area contributed by atoms with Gasteiger partial charge in [0.15, 0.2) is 11.6 Å². The molecular weight excluding hydrogens is 269 g/mol. The van der Waals surface area contributed by atoms with Crippen molar-refractivity contribution >= 4 is 0 Å². The maximum absolute atomic E-state index is 13.4. The van der Waals surface area contributed by atoms with Gasteiger partial charge < -0.3 is 15.2 Å². The Hall–Kier alpha value is -1.13. The molecule has 4 heteroatoms. The number of para-hydroxylation sites is 1. The number of hydrogen-bond donors (Lipinski definition) is 2. The number of hydrogen-bond acceptors (Lipinski definition) is 3. The van der Waals surface area contributed by atoms with Crippen LogP contribution in [0.4, 0.5) is 4.39 Å². The van der Waals surface area contributed by atoms with E-state index in [9.17, 15) is 9.50 Å². The van der Waals surface area contributed by atoms with E-state index in [1.54, 1.807) is 18.2 Å². The molecule has 0 aromatic heterocycles. The highest BCUT2D eigenvalue weighted by atomic mass is 19.1. The van der Waals surface area contributed by atoms with Gasteiger partial charge in [0.25, 0.3) is 0 Å². The fourth-order valence-electron chi connectivity index (χ4n) is 3.21. The molecule has 1 saturated carbocycles. The number of aliphatic hydroxyl groups is 1. The van der Waals surface area contributed by atoms with E-state index in [1.165, 1.54) is 25.3 Å². The lowest BCUT2D eigenvalue weighted by atomic mass is 9.93. The summed E-state index contributed by atoms with van der Waals surface area (Å²) in [4.78, 5) is 0. The molecule has 0 spiro atoms. The minimum Gasteiger partial charge on any atom is -0.488 e. The van der Waals surface area contributed by atoms with Crippen LogP contribution in [-0.2, 0) is 0 Å². The van der Waals surface area contributed by atoms with Crippen molar-refractivity contribution in [2.75, 3.05) is 13.2 Å². The first-order valence-corrected chi connectivity index (χ1v) is 7.90. The summed E-state index contributed by atoms with van der Waals surface area (Å²) < 4.78 is 18.7. The molecule has 0 heterocycles. The van der Waals surface area contributed by atoms with Crippen LogP contribution in [0.2, 0.25) is 0 Å². The van der Waals surface area contributed by atoms with Gasteiger partial charge >= 0.3 is 0 Å². The number of nitrogens with one attached hydrogen (secondary N) is 1. The third kappa shape index (κ3) is 4.42. The minimum atomic E-state index is -0.627. The van der Waals surface area contributed by atoms with Crippen LogP contribution >= 0.6 is 0 Å². The summed E-state index contributed by atoms with van der Waals surface area (Å²) in [6.45, 7) is 5.10. The van der Waals surface area contributed by atoms with Crippen molar-refractivity contribution < 1.29 is 14.2 Å². The Morgan fingerprint density at radius 3 is 2.81 bits per heavy atom. The van der Waals surface area contributed by atoms with Gasteiger partial charge in [0, 0.05) is 12.6 Å². The van der Waals surface area contributed by atoms with Gasteiger partial charge in [-0.15, -0.1) is 0 Å². The fourth-order valence-corrected chi connectivity index (χ4v) is 3.21. The maximum Gasteiger partial charge on any atom is 0.165 e. The first-order chi connectivity index (χ1) is 10.1. The van der Waals surface area contributed by atoms with Gasteiger partial charge in [-0.1, -0.05) is 32.4 Å². The molecule has 1 aliphatic rings. The summed E-state index contributed by atoms with van der Waals surface area (Å²) in [5.41, 5.74) is 0. The molecule has 0 saturated heterocycles. The Kier molecular flexibility index (Phi) is 6.00. The second kappa shape index (κ2) is 7.76. The van der Waals surface area contributed by atoms with E-state index in [2.05, 4.69) is 19.2 Å². The van der Waals surface area contributed by atoms with E-state index in [0.717, 1.165) is 5.92 Å². The van der Waals surface area contributed by atoms with Crippen LogP contribution in [0.5, 0.6) is 5.75 Å². The van der Waals surface area contributed by atoms with Crippen LogP contribution in [0.15, 0.2) is 24.3 Å². The molecule has 1 fully saturated rings. The van der Waals surface area contributed by atoms with Gasteiger partial charge in [0.05, 0.1) is 0 Å². The van der Waals surface area contributed by atoms with Gasteiger partial charge in [-0.25, -0.2) is 4.39 Å². The number of halogens is 1. The van der Waals surface area contributed by atoms with Crippen molar-refractivity contribution in [2.45, 2.75) is 45.3 Å². The lowest BCUT2D eigenvalue weighted by Gasteiger charge is -2.22. The largest absolute Gasteiger partial charge is 0.488 e. The average Bonchev–Trinajstić information content (AvgIpc) is 2.84. The Bertz CT molecular complexity index is 441. The molecule has 2 N–H and O–H groups in total. The summed E-state index contributed by atoms with van der Waals surface area (Å²) in [7, 11) is 0. The van der Waals surface area contributed by atoms with Crippen molar-refractivity contribution in [3.8, 4) is 5.75 Å². The van der Waals surface area contributed by atoms with E-state index in [-0.39, 0.29) is 12.4 Å². The van der Waals surface area contributed by atoms with E-state index >= 15 is 0 Å². The van der Waals surface area contributed by atoms with Gasteiger partial charge in [-0.2, -0.15) is 0 Å². The third-order valence-corrected chi connectivity index (χ3v) is 4.63. The topological polar surface area (TPSA) is 41.5 Å². The molecule has 21 heavy (non-hydrogen) atoms. The Morgan fingerprint density at radius 2 is 2.14 bits per heavy atom. The molecule has 4 atom stereocenters. The fraction of sp³-hybridized carbons (Fsp3) is 0.647. The van der Waals surface area contributed by atoms with E-state index in [1.807, 2.05) is 0 Å². The lowest BCUT2D eigenvalue weighted by molar-refractivity contribution is 0.0994. The third-order valence-electron chi connectivity index (χ3n) is 4.63. The Morgan fingerprint density at radius 1 is 1.38 bits per heavy atom. The molecule has 1 aromatic rings. The van der Waals surface area contributed by atoms with Gasteiger partial charge in [-0.05, 0) is 36.8 Å². The molecule has 0 amide bonds. The molecule has 1 aliphatic carbocycles. The van der Waals surface area contributed by atoms with Gasteiger partial charge in [0.1, 0.15) is 12.7 Å². The summed E-state index contributed by atoms with van der Waals surface area (Å²) in [5, 5.41) is 13.4. The summed E-state index contributed by atoms with van der Waals surface area (Å²) in [6.07, 6.45) is 3.02. The monoisotopic (exact) mass is 295 g/mol. The zero-order chi connectivity index (χ0) is 15.2. The number of rotatable bonds is 7. The second-order valence-corrected chi connectivity index (χ2v) is 6.01. The summed E-state index contributed by atoms with van der Waals surface area (Å²) in [5.74, 6) is 1.23. The number of ether oxygens (including phenoxy) is 1. The molecule has 0 bridgehead atoms. The molecule has 1 aromatic carbocycles. The molecule has 2 rings (SSSR count). The van der Waals surface area contributed by atoms with Crippen molar-refractivity contribution in [2.24, 2.45) is 11.8 Å².